The van der Waals surface area contributed by atoms with Crippen molar-refractivity contribution in [1.82, 2.24) is 4.90 Å². The van der Waals surface area contributed by atoms with E-state index in [2.05, 4.69) is 6.08 Å². The molecule has 0 aromatic heterocycles. The lowest BCUT2D eigenvalue weighted by atomic mass is 9.70. The van der Waals surface area contributed by atoms with Crippen LogP contribution in [0.2, 0.25) is 0 Å². The summed E-state index contributed by atoms with van der Waals surface area (Å²) in [4.78, 5) is 25.8. The van der Waals surface area contributed by atoms with Crippen molar-refractivity contribution in [2.24, 2.45) is 11.8 Å². The summed E-state index contributed by atoms with van der Waals surface area (Å²) in [5.74, 6) is -0.942. The van der Waals surface area contributed by atoms with Crippen molar-refractivity contribution in [2.75, 3.05) is 7.05 Å². The third-order valence-electron chi connectivity index (χ3n) is 5.97. The molecule has 21 heavy (non-hydrogen) atoms. The molecule has 3 aliphatic rings. The van der Waals surface area contributed by atoms with Crippen LogP contribution in [0.1, 0.15) is 39.5 Å². The van der Waals surface area contributed by atoms with Gasteiger partial charge in [-0.2, -0.15) is 0 Å². The van der Waals surface area contributed by atoms with Gasteiger partial charge in [-0.15, -0.1) is 0 Å². The summed E-state index contributed by atoms with van der Waals surface area (Å²) in [7, 11) is 1.70. The van der Waals surface area contributed by atoms with Crippen LogP contribution in [0.4, 0.5) is 0 Å². The number of carbonyl (C=O) groups is 2. The van der Waals surface area contributed by atoms with E-state index in [-0.39, 0.29) is 24.2 Å². The number of allylic oxidation sites excluding steroid dienone is 1. The number of fused-ring (bicyclic) bond motifs is 1. The predicted octanol–water partition coefficient (Wildman–Crippen LogP) is 1.26. The van der Waals surface area contributed by atoms with Crippen LogP contribution in [0.25, 0.3) is 0 Å². The molecular weight excluding hydrogens is 270 g/mol. The average molecular weight is 293 g/mol. The maximum absolute atomic E-state index is 12.5. The Hall–Kier alpha value is -1.36. The highest BCUT2D eigenvalue weighted by atomic mass is 16.6. The number of rotatable bonds is 2. The molecule has 1 amide bonds. The molecule has 5 heteroatoms. The predicted molar refractivity (Wildman–Crippen MR) is 76.3 cm³/mol. The fraction of sp³-hybridized carbons (Fsp3) is 0.750. The number of likely N-dealkylation sites (tertiary alicyclic amines) is 1. The van der Waals surface area contributed by atoms with E-state index in [0.29, 0.717) is 0 Å². The number of aliphatic hydroxyl groups is 1. The van der Waals surface area contributed by atoms with Gasteiger partial charge in [-0.25, -0.2) is 0 Å². The van der Waals surface area contributed by atoms with Crippen LogP contribution in [-0.4, -0.2) is 46.2 Å². The number of nitrogens with zero attached hydrogens (tertiary/aromatic N) is 1. The van der Waals surface area contributed by atoms with Crippen molar-refractivity contribution in [3.05, 3.63) is 12.2 Å². The van der Waals surface area contributed by atoms with Gasteiger partial charge in [0, 0.05) is 13.0 Å². The summed E-state index contributed by atoms with van der Waals surface area (Å²) >= 11 is 0. The number of aliphatic hydroxyl groups excluding tert-OH is 1. The van der Waals surface area contributed by atoms with E-state index < -0.39 is 23.2 Å². The van der Waals surface area contributed by atoms with Crippen molar-refractivity contribution in [1.29, 1.82) is 0 Å². The lowest BCUT2D eigenvalue weighted by molar-refractivity contribution is -0.168. The van der Waals surface area contributed by atoms with Gasteiger partial charge in [0.2, 0.25) is 5.91 Å². The van der Waals surface area contributed by atoms with Crippen LogP contribution in [0.15, 0.2) is 12.2 Å². The minimum Gasteiger partial charge on any atom is -0.456 e. The van der Waals surface area contributed by atoms with Gasteiger partial charge in [-0.3, -0.25) is 9.59 Å². The maximum atomic E-state index is 12.5. The van der Waals surface area contributed by atoms with Gasteiger partial charge in [0.25, 0.3) is 0 Å². The molecule has 0 aromatic carbocycles. The normalized spacial score (nSPS) is 43.9. The number of carbonyl (C=O) groups excluding carboxylic acids is 2. The molecule has 2 aliphatic heterocycles. The monoisotopic (exact) mass is 293 g/mol. The Morgan fingerprint density at radius 2 is 2.14 bits per heavy atom. The van der Waals surface area contributed by atoms with Gasteiger partial charge in [-0.05, 0) is 33.1 Å². The van der Waals surface area contributed by atoms with Crippen LogP contribution in [0, 0.1) is 11.8 Å². The van der Waals surface area contributed by atoms with Crippen LogP contribution >= 0.6 is 0 Å². The number of hydrogen-bond donors (Lipinski definition) is 1. The lowest BCUT2D eigenvalue weighted by Crippen LogP contribution is -2.64. The smallest absolute Gasteiger partial charge is 0.307 e. The first kappa shape index (κ1) is 14.6. The first-order valence-corrected chi connectivity index (χ1v) is 7.66. The zero-order chi connectivity index (χ0) is 15.4. The lowest BCUT2D eigenvalue weighted by Gasteiger charge is -2.47. The summed E-state index contributed by atoms with van der Waals surface area (Å²) in [6, 6.07) is 0. The molecule has 2 saturated heterocycles. The van der Waals surface area contributed by atoms with E-state index in [1.54, 1.807) is 18.9 Å². The molecule has 0 bridgehead atoms. The SMILES string of the molecule is CN1C(=O)[C@@H]2CC(=O)O[C@]2(C)[C@@]1(C)[C@@H](O)[C@@H]1C=CCCC1. The first-order valence-electron chi connectivity index (χ1n) is 7.66. The van der Waals surface area contributed by atoms with Crippen LogP contribution < -0.4 is 0 Å². The Morgan fingerprint density at radius 3 is 2.76 bits per heavy atom. The Bertz CT molecular complexity index is 516. The Balaban J connectivity index is 2.01. The third-order valence-corrected chi connectivity index (χ3v) is 5.97. The Kier molecular flexibility index (Phi) is 3.17. The minimum atomic E-state index is -0.958. The third kappa shape index (κ3) is 1.73. The summed E-state index contributed by atoms with van der Waals surface area (Å²) in [6.45, 7) is 3.64. The fourth-order valence-corrected chi connectivity index (χ4v) is 4.30. The minimum absolute atomic E-state index is 0.00567. The molecule has 1 N–H and O–H groups in total. The molecule has 0 saturated carbocycles. The maximum Gasteiger partial charge on any atom is 0.307 e. The Morgan fingerprint density at radius 1 is 1.43 bits per heavy atom. The molecule has 5 nitrogen and oxygen atoms in total. The number of amides is 1. The number of esters is 1. The van der Waals surface area contributed by atoms with Gasteiger partial charge in [0.15, 0.2) is 0 Å². The van der Waals surface area contributed by atoms with Crippen LogP contribution in [0.3, 0.4) is 0 Å². The van der Waals surface area contributed by atoms with Gasteiger partial charge in [-0.1, -0.05) is 12.2 Å². The van der Waals surface area contributed by atoms with E-state index in [4.69, 9.17) is 4.74 Å². The standard InChI is InChI=1S/C16H23NO4/c1-15(13(19)10-7-5-4-6-8-10)16(2)11(9-12(18)21-16)14(20)17(15)3/h5,7,10-11,13,19H,4,6,8-9H2,1-3H3/t10-,11+,13+,15-,16+/m1/s1. The van der Waals surface area contributed by atoms with Gasteiger partial charge >= 0.3 is 5.97 Å². The van der Waals surface area contributed by atoms with Gasteiger partial charge < -0.3 is 14.7 Å². The van der Waals surface area contributed by atoms with E-state index in [1.165, 1.54) is 0 Å². The van der Waals surface area contributed by atoms with E-state index in [0.717, 1.165) is 19.3 Å². The van der Waals surface area contributed by atoms with Crippen LogP contribution in [0.5, 0.6) is 0 Å². The molecule has 2 heterocycles. The first-order chi connectivity index (χ1) is 9.82. The molecule has 0 aromatic rings. The van der Waals surface area contributed by atoms with Crippen molar-refractivity contribution in [3.8, 4) is 0 Å². The van der Waals surface area contributed by atoms with Crippen molar-refractivity contribution in [3.63, 3.8) is 0 Å². The second-order valence-electron chi connectivity index (χ2n) is 6.85. The Labute approximate surface area is 124 Å². The van der Waals surface area contributed by atoms with Crippen molar-refractivity contribution < 1.29 is 19.4 Å². The summed E-state index contributed by atoms with van der Waals surface area (Å²) < 4.78 is 5.56. The second-order valence-corrected chi connectivity index (χ2v) is 6.85. The number of likely N-dealkylation sites (N-methyl/N-ethyl adjacent to an activating group) is 1. The van der Waals surface area contributed by atoms with Gasteiger partial charge in [0.1, 0.15) is 11.1 Å². The van der Waals surface area contributed by atoms with Crippen LogP contribution in [-0.2, 0) is 14.3 Å². The molecule has 3 rings (SSSR count). The molecule has 0 radical (unpaired) electrons. The molecule has 1 aliphatic carbocycles. The molecule has 5 atom stereocenters. The van der Waals surface area contributed by atoms with Gasteiger partial charge in [0.05, 0.1) is 18.4 Å². The molecule has 0 unspecified atom stereocenters. The summed E-state index contributed by atoms with van der Waals surface area (Å²) in [6.07, 6.45) is 6.44. The number of ether oxygens (including phenoxy) is 1. The summed E-state index contributed by atoms with van der Waals surface area (Å²) in [5, 5.41) is 11.0. The zero-order valence-electron chi connectivity index (χ0n) is 12.8. The molecular formula is C16H23NO4. The summed E-state index contributed by atoms with van der Waals surface area (Å²) in [5.41, 5.74) is -1.85. The van der Waals surface area contributed by atoms with E-state index in [1.807, 2.05) is 13.0 Å². The topological polar surface area (TPSA) is 66.8 Å². The largest absolute Gasteiger partial charge is 0.456 e. The van der Waals surface area contributed by atoms with Crippen molar-refractivity contribution >= 4 is 11.9 Å². The van der Waals surface area contributed by atoms with E-state index >= 15 is 0 Å². The highest BCUT2D eigenvalue weighted by Gasteiger charge is 2.71. The molecule has 116 valence electrons. The highest BCUT2D eigenvalue weighted by Crippen LogP contribution is 2.53. The molecule has 2 fully saturated rings. The zero-order valence-corrected chi connectivity index (χ0v) is 12.8. The quantitative estimate of drug-likeness (QED) is 0.615. The van der Waals surface area contributed by atoms with E-state index in [9.17, 15) is 14.7 Å². The number of hydrogen-bond acceptors (Lipinski definition) is 4. The fourth-order valence-electron chi connectivity index (χ4n) is 4.30. The van der Waals surface area contributed by atoms with Crippen molar-refractivity contribution in [2.45, 2.75) is 56.8 Å². The highest BCUT2D eigenvalue weighted by molar-refractivity contribution is 5.91. The molecule has 0 spiro atoms. The second kappa shape index (κ2) is 4.57. The average Bonchev–Trinajstić information content (AvgIpc) is 2.86.